The molecular weight excluding hydrogens is 261 g/mol. The van der Waals surface area contributed by atoms with Crippen molar-refractivity contribution in [2.75, 3.05) is 20.3 Å². The van der Waals surface area contributed by atoms with Gasteiger partial charge in [0.15, 0.2) is 0 Å². The molecule has 0 fully saturated rings. The smallest absolute Gasteiger partial charge is 0.134 e. The third-order valence-corrected chi connectivity index (χ3v) is 2.83. The van der Waals surface area contributed by atoms with Crippen LogP contribution in [0.2, 0.25) is 0 Å². The summed E-state index contributed by atoms with van der Waals surface area (Å²) in [7, 11) is 1.55. The lowest BCUT2D eigenvalue weighted by Gasteiger charge is -2.09. The van der Waals surface area contributed by atoms with Crippen molar-refractivity contribution in [3.05, 3.63) is 48.0 Å². The van der Waals surface area contributed by atoms with Gasteiger partial charge < -0.3 is 19.6 Å². The minimum atomic E-state index is -0.536. The summed E-state index contributed by atoms with van der Waals surface area (Å²) in [4.78, 5) is 0. The van der Waals surface area contributed by atoms with Crippen LogP contribution >= 0.6 is 0 Å². The zero-order valence-electron chi connectivity index (χ0n) is 11.3. The molecule has 0 spiro atoms. The highest BCUT2D eigenvalue weighted by atomic mass is 19.1. The Morgan fingerprint density at radius 2 is 2.00 bits per heavy atom. The first kappa shape index (κ1) is 14.7. The van der Waals surface area contributed by atoms with E-state index in [1.54, 1.807) is 19.2 Å². The number of rotatable bonds is 7. The number of benzene rings is 1. The molecule has 5 heteroatoms. The van der Waals surface area contributed by atoms with Gasteiger partial charge in [0.05, 0.1) is 19.3 Å². The van der Waals surface area contributed by atoms with Crippen molar-refractivity contribution < 1.29 is 18.7 Å². The monoisotopic (exact) mass is 279 g/mol. The number of aliphatic hydroxyl groups excluding tert-OH is 1. The molecular formula is C15H18FNO3. The Morgan fingerprint density at radius 1 is 1.25 bits per heavy atom. The first-order valence-corrected chi connectivity index (χ1v) is 6.41. The lowest BCUT2D eigenvalue weighted by atomic mass is 10.2. The summed E-state index contributed by atoms with van der Waals surface area (Å²) in [5.74, 6) is 1.18. The van der Waals surface area contributed by atoms with Crippen LogP contribution in [0.1, 0.15) is 5.76 Å². The van der Waals surface area contributed by atoms with Crippen molar-refractivity contribution in [2.24, 2.45) is 0 Å². The van der Waals surface area contributed by atoms with Crippen LogP contribution in [0.5, 0.6) is 0 Å². The van der Waals surface area contributed by atoms with E-state index < -0.39 is 6.10 Å². The van der Waals surface area contributed by atoms with Crippen LogP contribution in [0.25, 0.3) is 11.3 Å². The Balaban J connectivity index is 1.87. The van der Waals surface area contributed by atoms with Gasteiger partial charge in [0.1, 0.15) is 17.3 Å². The average molecular weight is 279 g/mol. The Kier molecular flexibility index (Phi) is 5.29. The molecule has 1 atom stereocenters. The fourth-order valence-electron chi connectivity index (χ4n) is 1.86. The van der Waals surface area contributed by atoms with Gasteiger partial charge in [-0.25, -0.2) is 4.39 Å². The fourth-order valence-corrected chi connectivity index (χ4v) is 1.86. The Labute approximate surface area is 117 Å². The summed E-state index contributed by atoms with van der Waals surface area (Å²) >= 11 is 0. The van der Waals surface area contributed by atoms with Crippen LogP contribution in [-0.2, 0) is 11.3 Å². The second-order valence-electron chi connectivity index (χ2n) is 4.51. The molecule has 1 aromatic carbocycles. The van der Waals surface area contributed by atoms with E-state index in [1.165, 1.54) is 12.1 Å². The fraction of sp³-hybridized carbons (Fsp3) is 0.333. The SMILES string of the molecule is COCC(O)CNCc1ccc(-c2ccc(F)cc2)o1. The van der Waals surface area contributed by atoms with E-state index in [0.717, 1.165) is 11.3 Å². The molecule has 20 heavy (non-hydrogen) atoms. The van der Waals surface area contributed by atoms with Gasteiger partial charge in [-0.2, -0.15) is 0 Å². The Hall–Kier alpha value is -1.69. The molecule has 0 radical (unpaired) electrons. The highest BCUT2D eigenvalue weighted by molar-refractivity contribution is 5.57. The predicted octanol–water partition coefficient (Wildman–Crippen LogP) is 2.18. The first-order chi connectivity index (χ1) is 9.69. The quantitative estimate of drug-likeness (QED) is 0.815. The number of aliphatic hydroxyl groups is 1. The Bertz CT molecular complexity index is 524. The summed E-state index contributed by atoms with van der Waals surface area (Å²) in [5.41, 5.74) is 0.831. The van der Waals surface area contributed by atoms with Gasteiger partial charge in [-0.1, -0.05) is 0 Å². The highest BCUT2D eigenvalue weighted by Crippen LogP contribution is 2.22. The summed E-state index contributed by atoms with van der Waals surface area (Å²) in [6.07, 6.45) is -0.536. The molecule has 0 saturated carbocycles. The standard InChI is InChI=1S/C15H18FNO3/c1-19-10-13(18)8-17-9-14-6-7-15(20-14)11-2-4-12(16)5-3-11/h2-7,13,17-18H,8-10H2,1H3. The maximum Gasteiger partial charge on any atom is 0.134 e. The molecule has 0 aliphatic carbocycles. The summed E-state index contributed by atoms with van der Waals surface area (Å²) in [6, 6.07) is 9.85. The van der Waals surface area contributed by atoms with Gasteiger partial charge in [0, 0.05) is 19.2 Å². The molecule has 0 aliphatic heterocycles. The first-order valence-electron chi connectivity index (χ1n) is 6.41. The maximum absolute atomic E-state index is 12.8. The number of hydrogen-bond acceptors (Lipinski definition) is 4. The maximum atomic E-state index is 12.8. The third-order valence-electron chi connectivity index (χ3n) is 2.83. The van der Waals surface area contributed by atoms with Crippen LogP contribution in [0.3, 0.4) is 0 Å². The molecule has 1 heterocycles. The van der Waals surface area contributed by atoms with Crippen molar-refractivity contribution >= 4 is 0 Å². The summed E-state index contributed by atoms with van der Waals surface area (Å²) in [6.45, 7) is 1.24. The largest absolute Gasteiger partial charge is 0.460 e. The minimum Gasteiger partial charge on any atom is -0.460 e. The van der Waals surface area contributed by atoms with Crippen molar-refractivity contribution in [3.63, 3.8) is 0 Å². The average Bonchev–Trinajstić information content (AvgIpc) is 2.89. The number of furan rings is 1. The molecule has 0 aliphatic rings. The molecule has 4 nitrogen and oxygen atoms in total. The third kappa shape index (κ3) is 4.16. The predicted molar refractivity (Wildman–Crippen MR) is 73.7 cm³/mol. The lowest BCUT2D eigenvalue weighted by Crippen LogP contribution is -2.29. The van der Waals surface area contributed by atoms with Crippen LogP contribution < -0.4 is 5.32 Å². The van der Waals surface area contributed by atoms with E-state index >= 15 is 0 Å². The topological polar surface area (TPSA) is 54.6 Å². The van der Waals surface area contributed by atoms with Gasteiger partial charge in [0.25, 0.3) is 0 Å². The van der Waals surface area contributed by atoms with Crippen molar-refractivity contribution in [1.29, 1.82) is 0 Å². The van der Waals surface area contributed by atoms with Gasteiger partial charge in [-0.15, -0.1) is 0 Å². The van der Waals surface area contributed by atoms with Crippen LogP contribution in [-0.4, -0.2) is 31.5 Å². The summed E-state index contributed by atoms with van der Waals surface area (Å²) in [5, 5.41) is 12.6. The zero-order valence-corrected chi connectivity index (χ0v) is 11.3. The van der Waals surface area contributed by atoms with E-state index in [9.17, 15) is 9.50 Å². The molecule has 0 amide bonds. The Morgan fingerprint density at radius 3 is 2.70 bits per heavy atom. The van der Waals surface area contributed by atoms with Gasteiger partial charge in [-0.05, 0) is 36.4 Å². The second-order valence-corrected chi connectivity index (χ2v) is 4.51. The van der Waals surface area contributed by atoms with Crippen molar-refractivity contribution in [3.8, 4) is 11.3 Å². The molecule has 0 saturated heterocycles. The van der Waals surface area contributed by atoms with E-state index in [0.29, 0.717) is 25.5 Å². The number of ether oxygens (including phenoxy) is 1. The van der Waals surface area contributed by atoms with Gasteiger partial charge in [-0.3, -0.25) is 0 Å². The molecule has 1 unspecified atom stereocenters. The zero-order chi connectivity index (χ0) is 14.4. The summed E-state index contributed by atoms with van der Waals surface area (Å²) < 4.78 is 23.3. The van der Waals surface area contributed by atoms with E-state index in [-0.39, 0.29) is 5.82 Å². The van der Waals surface area contributed by atoms with E-state index in [1.807, 2.05) is 12.1 Å². The minimum absolute atomic E-state index is 0.269. The second kappa shape index (κ2) is 7.19. The number of hydrogen-bond donors (Lipinski definition) is 2. The molecule has 2 N–H and O–H groups in total. The molecule has 108 valence electrons. The van der Waals surface area contributed by atoms with Gasteiger partial charge in [0.2, 0.25) is 0 Å². The molecule has 2 rings (SSSR count). The highest BCUT2D eigenvalue weighted by Gasteiger charge is 2.06. The molecule has 1 aromatic heterocycles. The molecule has 0 bridgehead atoms. The number of halogens is 1. The van der Waals surface area contributed by atoms with Crippen LogP contribution in [0, 0.1) is 5.82 Å². The normalized spacial score (nSPS) is 12.6. The van der Waals surface area contributed by atoms with Crippen LogP contribution in [0.4, 0.5) is 4.39 Å². The molecule has 2 aromatic rings. The van der Waals surface area contributed by atoms with Crippen LogP contribution in [0.15, 0.2) is 40.8 Å². The van der Waals surface area contributed by atoms with E-state index in [4.69, 9.17) is 9.15 Å². The van der Waals surface area contributed by atoms with Crippen molar-refractivity contribution in [2.45, 2.75) is 12.6 Å². The lowest BCUT2D eigenvalue weighted by molar-refractivity contribution is 0.0641. The van der Waals surface area contributed by atoms with Crippen molar-refractivity contribution in [1.82, 2.24) is 5.32 Å². The van der Waals surface area contributed by atoms with E-state index in [2.05, 4.69) is 5.32 Å². The number of nitrogens with one attached hydrogen (secondary N) is 1. The van der Waals surface area contributed by atoms with Gasteiger partial charge >= 0.3 is 0 Å². The number of methoxy groups -OCH3 is 1.